The van der Waals surface area contributed by atoms with Crippen LogP contribution in [0.1, 0.15) is 34.1 Å². The third-order valence-electron chi connectivity index (χ3n) is 1.66. The Balaban J connectivity index is 4.21. The molecular formula is C9H19N. The van der Waals surface area contributed by atoms with Crippen molar-refractivity contribution in [1.29, 1.82) is 0 Å². The maximum absolute atomic E-state index is 3.06. The van der Waals surface area contributed by atoms with Crippen LogP contribution in [0.3, 0.4) is 0 Å². The maximum atomic E-state index is 3.06. The normalized spacial score (nSPS) is 13.5. The minimum atomic E-state index is 0.317. The van der Waals surface area contributed by atoms with Crippen LogP contribution in [0.15, 0.2) is 11.8 Å². The first-order valence-corrected chi connectivity index (χ1v) is 3.89. The van der Waals surface area contributed by atoms with Gasteiger partial charge in [-0.15, -0.1) is 0 Å². The van der Waals surface area contributed by atoms with Gasteiger partial charge < -0.3 is 5.32 Å². The highest BCUT2D eigenvalue weighted by molar-refractivity contribution is 5.08. The van der Waals surface area contributed by atoms with Crippen molar-refractivity contribution in [1.82, 2.24) is 5.32 Å². The van der Waals surface area contributed by atoms with Gasteiger partial charge in [0.1, 0.15) is 0 Å². The molecule has 1 heteroatoms. The molecule has 1 N–H and O–H groups in total. The topological polar surface area (TPSA) is 12.0 Å². The molecule has 0 unspecified atom stereocenters. The fraction of sp³-hybridized carbons (Fsp3) is 0.778. The molecule has 0 aliphatic heterocycles. The molecule has 1 nitrogen and oxygen atoms in total. The third kappa shape index (κ3) is 2.90. The van der Waals surface area contributed by atoms with Gasteiger partial charge in [0.15, 0.2) is 0 Å². The van der Waals surface area contributed by atoms with Gasteiger partial charge in [0.05, 0.1) is 0 Å². The molecule has 0 bridgehead atoms. The van der Waals surface area contributed by atoms with E-state index >= 15 is 0 Å². The van der Waals surface area contributed by atoms with Crippen molar-refractivity contribution in [2.75, 3.05) is 7.05 Å². The number of allylic oxidation sites excluding steroid dienone is 1. The molecule has 0 saturated heterocycles. The van der Waals surface area contributed by atoms with E-state index in [0.29, 0.717) is 5.41 Å². The van der Waals surface area contributed by atoms with Crippen LogP contribution in [0.25, 0.3) is 0 Å². The van der Waals surface area contributed by atoms with Crippen molar-refractivity contribution >= 4 is 0 Å². The molecule has 0 saturated carbocycles. The van der Waals surface area contributed by atoms with Crippen molar-refractivity contribution < 1.29 is 0 Å². The first-order valence-electron chi connectivity index (χ1n) is 3.89. The Labute approximate surface area is 64.5 Å². The van der Waals surface area contributed by atoms with Gasteiger partial charge in [-0.3, -0.25) is 0 Å². The van der Waals surface area contributed by atoms with Crippen LogP contribution in [0.5, 0.6) is 0 Å². The summed E-state index contributed by atoms with van der Waals surface area (Å²) in [7, 11) is 1.95. The van der Waals surface area contributed by atoms with Gasteiger partial charge in [-0.25, -0.2) is 0 Å². The van der Waals surface area contributed by atoms with Crippen LogP contribution in [0, 0.1) is 5.41 Å². The molecule has 0 aliphatic rings. The second-order valence-electron chi connectivity index (χ2n) is 3.56. The molecule has 0 aliphatic carbocycles. The molecule has 10 heavy (non-hydrogen) atoms. The van der Waals surface area contributed by atoms with Crippen LogP contribution in [0.2, 0.25) is 0 Å². The average molecular weight is 141 g/mol. The van der Waals surface area contributed by atoms with E-state index in [4.69, 9.17) is 0 Å². The molecule has 0 fully saturated rings. The lowest BCUT2D eigenvalue weighted by molar-refractivity contribution is 0.484. The van der Waals surface area contributed by atoms with Crippen molar-refractivity contribution in [3.8, 4) is 0 Å². The average Bonchev–Trinajstić information content (AvgIpc) is 1.80. The molecule has 0 aromatic heterocycles. The lowest BCUT2D eigenvalue weighted by Crippen LogP contribution is -2.11. The summed E-state index contributed by atoms with van der Waals surface area (Å²) in [6.07, 6.45) is 3.23. The number of rotatable bonds is 2. The maximum Gasteiger partial charge on any atom is 0.00276 e. The first kappa shape index (κ1) is 9.54. The van der Waals surface area contributed by atoms with Crippen molar-refractivity contribution in [2.24, 2.45) is 5.41 Å². The Kier molecular flexibility index (Phi) is 3.48. The third-order valence-corrected chi connectivity index (χ3v) is 1.66. The highest BCUT2D eigenvalue weighted by Gasteiger charge is 2.13. The molecule has 0 atom stereocenters. The molecule has 0 heterocycles. The van der Waals surface area contributed by atoms with Crippen LogP contribution in [-0.4, -0.2) is 7.05 Å². The summed E-state index contributed by atoms with van der Waals surface area (Å²) in [5, 5.41) is 3.06. The van der Waals surface area contributed by atoms with Crippen LogP contribution < -0.4 is 5.32 Å². The monoisotopic (exact) mass is 141 g/mol. The summed E-state index contributed by atoms with van der Waals surface area (Å²) in [5.41, 5.74) is 1.78. The van der Waals surface area contributed by atoms with Gasteiger partial charge in [-0.2, -0.15) is 0 Å². The van der Waals surface area contributed by atoms with Gasteiger partial charge in [-0.1, -0.05) is 27.7 Å². The molecule has 60 valence electrons. The first-order chi connectivity index (χ1) is 4.52. The van der Waals surface area contributed by atoms with Gasteiger partial charge in [0.25, 0.3) is 0 Å². The Bertz CT molecular complexity index is 117. The zero-order valence-electron chi connectivity index (χ0n) is 7.78. The molecule has 0 amide bonds. The van der Waals surface area contributed by atoms with E-state index in [2.05, 4.69) is 39.2 Å². The van der Waals surface area contributed by atoms with E-state index in [1.165, 1.54) is 5.57 Å². The zero-order chi connectivity index (χ0) is 8.20. The summed E-state index contributed by atoms with van der Waals surface area (Å²) in [4.78, 5) is 0. The summed E-state index contributed by atoms with van der Waals surface area (Å²) >= 11 is 0. The van der Waals surface area contributed by atoms with Crippen molar-refractivity contribution in [3.05, 3.63) is 11.8 Å². The van der Waals surface area contributed by atoms with E-state index in [1.807, 2.05) is 7.05 Å². The van der Waals surface area contributed by atoms with Gasteiger partial charge in [-0.05, 0) is 23.6 Å². The lowest BCUT2D eigenvalue weighted by Gasteiger charge is -2.21. The van der Waals surface area contributed by atoms with Gasteiger partial charge in [0.2, 0.25) is 0 Å². The standard InChI is InChI=1S/C9H19N/c1-6-8(7-10-5)9(2,3)4/h7,10H,6H2,1-5H3/b8-7+. The van der Waals surface area contributed by atoms with Gasteiger partial charge in [0, 0.05) is 7.05 Å². The molecule has 0 spiro atoms. The molecule has 0 rings (SSSR count). The molecular weight excluding hydrogens is 122 g/mol. The molecule has 0 aromatic rings. The fourth-order valence-electron chi connectivity index (χ4n) is 1.02. The van der Waals surface area contributed by atoms with Crippen LogP contribution >= 0.6 is 0 Å². The van der Waals surface area contributed by atoms with Crippen molar-refractivity contribution in [3.63, 3.8) is 0 Å². The summed E-state index contributed by atoms with van der Waals surface area (Å²) in [6, 6.07) is 0. The predicted molar refractivity (Wildman–Crippen MR) is 46.9 cm³/mol. The number of hydrogen-bond donors (Lipinski definition) is 1. The second kappa shape index (κ2) is 3.65. The van der Waals surface area contributed by atoms with E-state index < -0.39 is 0 Å². The highest BCUT2D eigenvalue weighted by Crippen LogP contribution is 2.26. The van der Waals surface area contributed by atoms with Crippen LogP contribution in [0.4, 0.5) is 0 Å². The minimum absolute atomic E-state index is 0.317. The summed E-state index contributed by atoms with van der Waals surface area (Å²) in [6.45, 7) is 8.90. The quantitative estimate of drug-likeness (QED) is 0.623. The Morgan fingerprint density at radius 1 is 1.40 bits per heavy atom. The molecule has 0 radical (unpaired) electrons. The SMILES string of the molecule is CC/C(=C\NC)C(C)(C)C. The zero-order valence-corrected chi connectivity index (χ0v) is 7.78. The lowest BCUT2D eigenvalue weighted by atomic mass is 9.85. The van der Waals surface area contributed by atoms with E-state index in [9.17, 15) is 0 Å². The summed E-state index contributed by atoms with van der Waals surface area (Å²) in [5.74, 6) is 0. The predicted octanol–water partition coefficient (Wildman–Crippen LogP) is 2.55. The minimum Gasteiger partial charge on any atom is -0.394 e. The van der Waals surface area contributed by atoms with E-state index in [0.717, 1.165) is 6.42 Å². The fourth-order valence-corrected chi connectivity index (χ4v) is 1.02. The highest BCUT2D eigenvalue weighted by atomic mass is 14.8. The largest absolute Gasteiger partial charge is 0.394 e. The second-order valence-corrected chi connectivity index (χ2v) is 3.56. The Morgan fingerprint density at radius 3 is 2.00 bits per heavy atom. The van der Waals surface area contributed by atoms with Crippen LogP contribution in [-0.2, 0) is 0 Å². The molecule has 0 aromatic carbocycles. The Hall–Kier alpha value is -0.460. The van der Waals surface area contributed by atoms with Crippen molar-refractivity contribution in [2.45, 2.75) is 34.1 Å². The number of nitrogens with one attached hydrogen (secondary N) is 1. The van der Waals surface area contributed by atoms with E-state index in [1.54, 1.807) is 0 Å². The Morgan fingerprint density at radius 2 is 1.90 bits per heavy atom. The summed E-state index contributed by atoms with van der Waals surface area (Å²) < 4.78 is 0. The van der Waals surface area contributed by atoms with Gasteiger partial charge >= 0.3 is 0 Å². The van der Waals surface area contributed by atoms with E-state index in [-0.39, 0.29) is 0 Å². The smallest absolute Gasteiger partial charge is 0.00276 e. The number of hydrogen-bond acceptors (Lipinski definition) is 1.